The lowest BCUT2D eigenvalue weighted by Crippen LogP contribution is -2.50. The summed E-state index contributed by atoms with van der Waals surface area (Å²) >= 11 is 0. The Morgan fingerprint density at radius 1 is 1.29 bits per heavy atom. The summed E-state index contributed by atoms with van der Waals surface area (Å²) in [5.74, 6) is -0.00620. The minimum absolute atomic E-state index is 0.192. The zero-order chi connectivity index (χ0) is 19.5. The summed E-state index contributed by atoms with van der Waals surface area (Å²) in [5, 5.41) is 15.6. The molecule has 2 aromatic rings. The van der Waals surface area contributed by atoms with Crippen molar-refractivity contribution in [1.29, 1.82) is 5.26 Å². The van der Waals surface area contributed by atoms with E-state index in [4.69, 9.17) is 0 Å². The predicted molar refractivity (Wildman–Crippen MR) is 103 cm³/mol. The molecule has 1 fully saturated rings. The molecule has 146 valence electrons. The second-order valence-electron chi connectivity index (χ2n) is 7.51. The van der Waals surface area contributed by atoms with Crippen LogP contribution in [0.15, 0.2) is 24.3 Å². The molecule has 1 aromatic carbocycles. The maximum absolute atomic E-state index is 13.3. The molecular formula is C21H24FN5O. The molecule has 0 radical (unpaired) electrons. The van der Waals surface area contributed by atoms with Gasteiger partial charge < -0.3 is 15.2 Å². The summed E-state index contributed by atoms with van der Waals surface area (Å²) in [7, 11) is 0. The molecule has 28 heavy (non-hydrogen) atoms. The van der Waals surface area contributed by atoms with Crippen molar-refractivity contribution in [1.82, 2.24) is 20.2 Å². The van der Waals surface area contributed by atoms with Crippen molar-refractivity contribution in [2.24, 2.45) is 5.92 Å². The van der Waals surface area contributed by atoms with Crippen LogP contribution >= 0.6 is 0 Å². The highest BCUT2D eigenvalue weighted by Gasteiger charge is 2.30. The number of nitrogens with zero attached hydrogens (tertiary/aromatic N) is 3. The molecule has 2 unspecified atom stereocenters. The molecule has 2 aliphatic rings. The first-order valence-electron chi connectivity index (χ1n) is 9.94. The van der Waals surface area contributed by atoms with Gasteiger partial charge in [0, 0.05) is 18.7 Å². The van der Waals surface area contributed by atoms with Crippen molar-refractivity contribution < 1.29 is 9.18 Å². The zero-order valence-corrected chi connectivity index (χ0v) is 15.7. The van der Waals surface area contributed by atoms with Gasteiger partial charge in [-0.2, -0.15) is 5.26 Å². The number of imidazole rings is 1. The van der Waals surface area contributed by atoms with E-state index in [0.717, 1.165) is 56.5 Å². The predicted octanol–water partition coefficient (Wildman–Crippen LogP) is 2.65. The van der Waals surface area contributed by atoms with Crippen LogP contribution in [0, 0.1) is 23.1 Å². The average Bonchev–Trinajstić information content (AvgIpc) is 2.90. The number of nitriles is 1. The zero-order valence-electron chi connectivity index (χ0n) is 15.7. The number of halogens is 1. The Balaban J connectivity index is 1.67. The lowest BCUT2D eigenvalue weighted by Gasteiger charge is -2.28. The highest BCUT2D eigenvalue weighted by molar-refractivity contribution is 5.94. The number of aromatic nitrogens is 2. The fourth-order valence-corrected chi connectivity index (χ4v) is 4.12. The van der Waals surface area contributed by atoms with Crippen LogP contribution in [0.5, 0.6) is 0 Å². The number of rotatable bonds is 3. The topological polar surface area (TPSA) is 82.7 Å². The molecule has 2 aliphatic heterocycles. The number of carbonyl (C=O) groups excluding carboxylic acids is 1. The van der Waals surface area contributed by atoms with Crippen molar-refractivity contribution >= 4 is 5.91 Å². The molecular weight excluding hydrogens is 357 g/mol. The van der Waals surface area contributed by atoms with E-state index in [9.17, 15) is 14.4 Å². The van der Waals surface area contributed by atoms with Gasteiger partial charge in [-0.15, -0.1) is 0 Å². The summed E-state index contributed by atoms with van der Waals surface area (Å²) in [4.78, 5) is 17.7. The first kappa shape index (κ1) is 18.6. The van der Waals surface area contributed by atoms with Crippen molar-refractivity contribution in [2.45, 2.75) is 44.7 Å². The van der Waals surface area contributed by atoms with Gasteiger partial charge in [0.25, 0.3) is 5.91 Å². The lowest BCUT2D eigenvalue weighted by molar-refractivity contribution is 0.0915. The number of hydrogen-bond acceptors (Lipinski definition) is 4. The van der Waals surface area contributed by atoms with Gasteiger partial charge in [0.15, 0.2) is 0 Å². The Labute approximate surface area is 163 Å². The van der Waals surface area contributed by atoms with Crippen LogP contribution in [0.1, 0.15) is 41.9 Å². The Morgan fingerprint density at radius 2 is 2.11 bits per heavy atom. The molecule has 0 saturated carbocycles. The van der Waals surface area contributed by atoms with E-state index < -0.39 is 0 Å². The van der Waals surface area contributed by atoms with Crippen LogP contribution in [0.25, 0.3) is 11.4 Å². The van der Waals surface area contributed by atoms with Crippen LogP contribution in [0.3, 0.4) is 0 Å². The molecule has 2 N–H and O–H groups in total. The number of benzene rings is 1. The van der Waals surface area contributed by atoms with Crippen molar-refractivity contribution in [3.05, 3.63) is 41.5 Å². The number of hydrogen-bond donors (Lipinski definition) is 2. The van der Waals surface area contributed by atoms with Gasteiger partial charge in [0.05, 0.1) is 23.7 Å². The Hall–Kier alpha value is -2.72. The minimum atomic E-state index is -0.295. The van der Waals surface area contributed by atoms with Crippen molar-refractivity contribution in [3.63, 3.8) is 0 Å². The summed E-state index contributed by atoms with van der Waals surface area (Å²) in [6, 6.07) is 8.32. The van der Waals surface area contributed by atoms with Crippen LogP contribution < -0.4 is 10.6 Å². The fourth-order valence-electron chi connectivity index (χ4n) is 4.12. The van der Waals surface area contributed by atoms with Crippen molar-refractivity contribution in [3.8, 4) is 17.5 Å². The van der Waals surface area contributed by atoms with E-state index >= 15 is 0 Å². The summed E-state index contributed by atoms with van der Waals surface area (Å²) in [6.07, 6.45) is 4.67. The third-order valence-electron chi connectivity index (χ3n) is 5.65. The fraction of sp³-hybridized carbons (Fsp3) is 0.476. The van der Waals surface area contributed by atoms with E-state index in [1.54, 1.807) is 12.1 Å². The van der Waals surface area contributed by atoms with E-state index in [1.807, 2.05) is 0 Å². The van der Waals surface area contributed by atoms with E-state index in [0.29, 0.717) is 18.1 Å². The number of nitrogens with one attached hydrogen (secondary N) is 2. The highest BCUT2D eigenvalue weighted by Crippen LogP contribution is 2.27. The molecule has 3 heterocycles. The molecule has 4 rings (SSSR count). The normalized spacial score (nSPS) is 22.0. The maximum atomic E-state index is 13.3. The summed E-state index contributed by atoms with van der Waals surface area (Å²) in [5.41, 5.74) is 2.17. The smallest absolute Gasteiger partial charge is 0.272 e. The molecule has 1 amide bonds. The third kappa shape index (κ3) is 3.65. The van der Waals surface area contributed by atoms with Crippen LogP contribution in [0.2, 0.25) is 0 Å². The second kappa shape index (κ2) is 8.11. The van der Waals surface area contributed by atoms with E-state index in [2.05, 4.69) is 26.3 Å². The molecule has 0 bridgehead atoms. The largest absolute Gasteiger partial charge is 0.345 e. The molecule has 0 aliphatic carbocycles. The molecule has 1 aromatic heterocycles. The third-order valence-corrected chi connectivity index (χ3v) is 5.65. The van der Waals surface area contributed by atoms with Gasteiger partial charge in [-0.25, -0.2) is 9.37 Å². The van der Waals surface area contributed by atoms with Gasteiger partial charge >= 0.3 is 0 Å². The summed E-state index contributed by atoms with van der Waals surface area (Å²) < 4.78 is 15.5. The maximum Gasteiger partial charge on any atom is 0.272 e. The lowest BCUT2D eigenvalue weighted by atomic mass is 9.94. The SMILES string of the molecule is N#CC1CCNCC1NC(=O)c1nc(-c2ccc(F)cc2)n2c1CCCCC2. The van der Waals surface area contributed by atoms with Gasteiger partial charge in [0.2, 0.25) is 0 Å². The number of amides is 1. The monoisotopic (exact) mass is 381 g/mol. The quantitative estimate of drug-likeness (QED) is 0.856. The molecule has 2 atom stereocenters. The van der Waals surface area contributed by atoms with Gasteiger partial charge in [0.1, 0.15) is 17.3 Å². The molecule has 0 spiro atoms. The Kier molecular flexibility index (Phi) is 5.40. The van der Waals surface area contributed by atoms with Gasteiger partial charge in [-0.3, -0.25) is 4.79 Å². The first-order chi connectivity index (χ1) is 13.7. The van der Waals surface area contributed by atoms with Gasteiger partial charge in [-0.05, 0) is 56.5 Å². The first-order valence-corrected chi connectivity index (χ1v) is 9.94. The number of piperidine rings is 1. The van der Waals surface area contributed by atoms with Crippen LogP contribution in [-0.4, -0.2) is 34.6 Å². The highest BCUT2D eigenvalue weighted by atomic mass is 19.1. The minimum Gasteiger partial charge on any atom is -0.345 e. The Morgan fingerprint density at radius 3 is 2.89 bits per heavy atom. The molecule has 6 nitrogen and oxygen atoms in total. The summed E-state index contributed by atoms with van der Waals surface area (Å²) in [6.45, 7) is 2.18. The number of carbonyl (C=O) groups is 1. The average molecular weight is 381 g/mol. The standard InChI is InChI=1S/C21H24FN5O/c22-16-7-5-14(6-8-16)20-26-19(18-4-2-1-3-11-27(18)20)21(28)25-17-13-24-10-9-15(17)12-23/h5-8,15,17,24H,1-4,9-11,13H2,(H,25,28). The Bertz CT molecular complexity index is 899. The molecule has 7 heteroatoms. The van der Waals surface area contributed by atoms with Crippen molar-refractivity contribution in [2.75, 3.05) is 13.1 Å². The van der Waals surface area contributed by atoms with E-state index in [1.165, 1.54) is 12.1 Å². The number of fused-ring (bicyclic) bond motifs is 1. The van der Waals surface area contributed by atoms with Crippen LogP contribution in [0.4, 0.5) is 4.39 Å². The van der Waals surface area contributed by atoms with Crippen LogP contribution in [-0.2, 0) is 13.0 Å². The van der Waals surface area contributed by atoms with E-state index in [-0.39, 0.29) is 23.7 Å². The van der Waals surface area contributed by atoms with Gasteiger partial charge in [-0.1, -0.05) is 6.42 Å². The molecule has 1 saturated heterocycles. The second-order valence-corrected chi connectivity index (χ2v) is 7.51.